The van der Waals surface area contributed by atoms with Gasteiger partial charge in [0, 0.05) is 46.6 Å². The quantitative estimate of drug-likeness (QED) is 0.670. The van der Waals surface area contributed by atoms with Crippen molar-refractivity contribution in [1.29, 1.82) is 0 Å². The van der Waals surface area contributed by atoms with Crippen LogP contribution >= 0.6 is 11.6 Å². The van der Waals surface area contributed by atoms with Crippen LogP contribution in [0.2, 0.25) is 5.02 Å². The minimum Gasteiger partial charge on any atom is -0.378 e. The smallest absolute Gasteiger partial charge is 0.257 e. The molecule has 2 aromatic carbocycles. The standard InChI is InChI=1S/C23H24ClN3O2/c1-16-14-22(17(2)27(16)20-8-6-18(24)7-9-20)23(28)25-19-4-3-5-21(15-19)26-10-12-29-13-11-26/h3-9,14-15H,10-13H2,1-2H3,(H,25,28). The number of nitrogens with zero attached hydrogens (tertiary/aromatic N) is 2. The molecule has 0 aliphatic carbocycles. The van der Waals surface area contributed by atoms with Crippen molar-refractivity contribution in [2.75, 3.05) is 36.5 Å². The summed E-state index contributed by atoms with van der Waals surface area (Å²) in [7, 11) is 0. The fourth-order valence-electron chi connectivity index (χ4n) is 3.78. The number of carbonyl (C=O) groups is 1. The Labute approximate surface area is 175 Å². The highest BCUT2D eigenvalue weighted by Gasteiger charge is 2.18. The van der Waals surface area contributed by atoms with E-state index >= 15 is 0 Å². The molecule has 0 unspecified atom stereocenters. The largest absolute Gasteiger partial charge is 0.378 e. The summed E-state index contributed by atoms with van der Waals surface area (Å²) in [4.78, 5) is 15.3. The summed E-state index contributed by atoms with van der Waals surface area (Å²) in [5, 5.41) is 3.74. The number of aryl methyl sites for hydroxylation is 1. The highest BCUT2D eigenvalue weighted by molar-refractivity contribution is 6.30. The molecule has 1 saturated heterocycles. The number of aromatic nitrogens is 1. The van der Waals surface area contributed by atoms with Gasteiger partial charge in [-0.3, -0.25) is 4.79 Å². The number of ether oxygens (including phenoxy) is 1. The fourth-order valence-corrected chi connectivity index (χ4v) is 3.91. The Kier molecular flexibility index (Phi) is 5.60. The molecule has 1 aromatic heterocycles. The maximum absolute atomic E-state index is 13.0. The van der Waals surface area contributed by atoms with Crippen LogP contribution in [0.25, 0.3) is 5.69 Å². The van der Waals surface area contributed by atoms with Gasteiger partial charge in [-0.15, -0.1) is 0 Å². The van der Waals surface area contributed by atoms with Crippen LogP contribution in [0.5, 0.6) is 0 Å². The monoisotopic (exact) mass is 409 g/mol. The highest BCUT2D eigenvalue weighted by atomic mass is 35.5. The molecule has 4 rings (SSSR count). The lowest BCUT2D eigenvalue weighted by molar-refractivity contribution is 0.102. The van der Waals surface area contributed by atoms with E-state index in [1.807, 2.05) is 62.4 Å². The van der Waals surface area contributed by atoms with Gasteiger partial charge in [-0.25, -0.2) is 0 Å². The predicted molar refractivity (Wildman–Crippen MR) is 118 cm³/mol. The SMILES string of the molecule is Cc1cc(C(=O)Nc2cccc(N3CCOCC3)c2)c(C)n1-c1ccc(Cl)cc1. The average molecular weight is 410 g/mol. The minimum atomic E-state index is -0.113. The Morgan fingerprint density at radius 2 is 1.72 bits per heavy atom. The Hall–Kier alpha value is -2.76. The first-order valence-electron chi connectivity index (χ1n) is 9.72. The minimum absolute atomic E-state index is 0.113. The van der Waals surface area contributed by atoms with Gasteiger partial charge in [0.15, 0.2) is 0 Å². The van der Waals surface area contributed by atoms with E-state index in [-0.39, 0.29) is 5.91 Å². The number of halogens is 1. The summed E-state index contributed by atoms with van der Waals surface area (Å²) in [6, 6.07) is 17.5. The molecule has 150 valence electrons. The zero-order valence-corrected chi connectivity index (χ0v) is 17.4. The molecule has 0 radical (unpaired) electrons. The molecular weight excluding hydrogens is 386 g/mol. The second-order valence-corrected chi connectivity index (χ2v) is 7.64. The third-order valence-electron chi connectivity index (χ3n) is 5.24. The van der Waals surface area contributed by atoms with Gasteiger partial charge in [0.2, 0.25) is 0 Å². The maximum Gasteiger partial charge on any atom is 0.257 e. The summed E-state index contributed by atoms with van der Waals surface area (Å²) >= 11 is 6.01. The molecule has 29 heavy (non-hydrogen) atoms. The van der Waals surface area contributed by atoms with Gasteiger partial charge >= 0.3 is 0 Å². The summed E-state index contributed by atoms with van der Waals surface area (Å²) < 4.78 is 7.49. The molecular formula is C23H24ClN3O2. The first-order chi connectivity index (χ1) is 14.0. The average Bonchev–Trinajstić information content (AvgIpc) is 3.04. The molecule has 1 amide bonds. The third-order valence-corrected chi connectivity index (χ3v) is 5.49. The molecule has 1 N–H and O–H groups in total. The van der Waals surface area contributed by atoms with Gasteiger partial charge in [0.25, 0.3) is 5.91 Å². The molecule has 0 saturated carbocycles. The van der Waals surface area contributed by atoms with E-state index in [1.165, 1.54) is 0 Å². The van der Waals surface area contributed by atoms with Gasteiger partial charge in [-0.1, -0.05) is 17.7 Å². The summed E-state index contributed by atoms with van der Waals surface area (Å²) in [6.07, 6.45) is 0. The Morgan fingerprint density at radius 1 is 1.00 bits per heavy atom. The molecule has 1 aliphatic heterocycles. The van der Waals surface area contributed by atoms with Crippen molar-refractivity contribution < 1.29 is 9.53 Å². The maximum atomic E-state index is 13.0. The van der Waals surface area contributed by atoms with Crippen molar-refractivity contribution in [3.8, 4) is 5.69 Å². The van der Waals surface area contributed by atoms with Crippen molar-refractivity contribution >= 4 is 28.9 Å². The topological polar surface area (TPSA) is 46.5 Å². The molecule has 0 spiro atoms. The fraction of sp³-hybridized carbons (Fsp3) is 0.261. The molecule has 5 nitrogen and oxygen atoms in total. The first-order valence-corrected chi connectivity index (χ1v) is 10.1. The summed E-state index contributed by atoms with van der Waals surface area (Å²) in [5.41, 5.74) is 5.42. The molecule has 2 heterocycles. The molecule has 0 atom stereocenters. The number of amides is 1. The van der Waals surface area contributed by atoms with Crippen LogP contribution in [0.1, 0.15) is 21.7 Å². The third kappa shape index (κ3) is 4.16. The normalized spacial score (nSPS) is 14.1. The van der Waals surface area contributed by atoms with Crippen molar-refractivity contribution in [2.45, 2.75) is 13.8 Å². The van der Waals surface area contributed by atoms with Crippen molar-refractivity contribution in [3.05, 3.63) is 76.6 Å². The second kappa shape index (κ2) is 8.31. The number of morpholine rings is 1. The van der Waals surface area contributed by atoms with E-state index in [1.54, 1.807) is 0 Å². The van der Waals surface area contributed by atoms with E-state index in [0.717, 1.165) is 54.8 Å². The molecule has 6 heteroatoms. The number of rotatable bonds is 4. The van der Waals surface area contributed by atoms with E-state index < -0.39 is 0 Å². The van der Waals surface area contributed by atoms with Gasteiger partial charge in [0.05, 0.1) is 18.8 Å². The number of carbonyl (C=O) groups excluding carboxylic acids is 1. The van der Waals surface area contributed by atoms with Crippen LogP contribution in [0.3, 0.4) is 0 Å². The van der Waals surface area contributed by atoms with Crippen LogP contribution in [-0.2, 0) is 4.74 Å². The van der Waals surface area contributed by atoms with Gasteiger partial charge in [-0.2, -0.15) is 0 Å². The van der Waals surface area contributed by atoms with E-state index in [0.29, 0.717) is 10.6 Å². The number of hydrogen-bond acceptors (Lipinski definition) is 3. The molecule has 3 aromatic rings. The Balaban J connectivity index is 1.56. The number of hydrogen-bond donors (Lipinski definition) is 1. The lowest BCUT2D eigenvalue weighted by Gasteiger charge is -2.29. The van der Waals surface area contributed by atoms with E-state index in [4.69, 9.17) is 16.3 Å². The molecule has 1 fully saturated rings. The molecule has 1 aliphatic rings. The summed E-state index contributed by atoms with van der Waals surface area (Å²) in [5.74, 6) is -0.113. The van der Waals surface area contributed by atoms with Crippen LogP contribution in [0.4, 0.5) is 11.4 Å². The zero-order valence-electron chi connectivity index (χ0n) is 16.6. The van der Waals surface area contributed by atoms with Crippen molar-refractivity contribution in [1.82, 2.24) is 4.57 Å². The van der Waals surface area contributed by atoms with Crippen LogP contribution in [0.15, 0.2) is 54.6 Å². The second-order valence-electron chi connectivity index (χ2n) is 7.20. The zero-order chi connectivity index (χ0) is 20.4. The number of benzene rings is 2. The molecule has 0 bridgehead atoms. The Bertz CT molecular complexity index is 1020. The van der Waals surface area contributed by atoms with E-state index in [2.05, 4.69) is 20.9 Å². The van der Waals surface area contributed by atoms with E-state index in [9.17, 15) is 4.79 Å². The van der Waals surface area contributed by atoms with Crippen LogP contribution in [-0.4, -0.2) is 36.8 Å². The van der Waals surface area contributed by atoms with Crippen LogP contribution < -0.4 is 10.2 Å². The van der Waals surface area contributed by atoms with Crippen LogP contribution in [0, 0.1) is 13.8 Å². The van der Waals surface area contributed by atoms with Gasteiger partial charge < -0.3 is 19.5 Å². The first kappa shape index (κ1) is 19.6. The van der Waals surface area contributed by atoms with Gasteiger partial charge in [-0.05, 0) is 62.4 Å². The van der Waals surface area contributed by atoms with Gasteiger partial charge in [0.1, 0.15) is 0 Å². The predicted octanol–water partition coefficient (Wildman–Crippen LogP) is 4.84. The van der Waals surface area contributed by atoms with Crippen molar-refractivity contribution in [3.63, 3.8) is 0 Å². The summed E-state index contributed by atoms with van der Waals surface area (Å²) in [6.45, 7) is 7.14. The number of nitrogens with one attached hydrogen (secondary N) is 1. The number of anilines is 2. The highest BCUT2D eigenvalue weighted by Crippen LogP contribution is 2.25. The lowest BCUT2D eigenvalue weighted by Crippen LogP contribution is -2.36. The Morgan fingerprint density at radius 3 is 2.45 bits per heavy atom. The van der Waals surface area contributed by atoms with Crippen molar-refractivity contribution in [2.24, 2.45) is 0 Å². The lowest BCUT2D eigenvalue weighted by atomic mass is 10.2.